The van der Waals surface area contributed by atoms with Gasteiger partial charge in [-0.2, -0.15) is 0 Å². The van der Waals surface area contributed by atoms with Crippen molar-refractivity contribution >= 4 is 44.5 Å². The fraction of sp³-hybridized carbons (Fsp3) is 0.0175. The molecule has 4 heteroatoms. The highest BCUT2D eigenvalue weighted by Crippen LogP contribution is 2.63. The lowest BCUT2D eigenvalue weighted by atomic mass is 9.67. The largest absolute Gasteiger partial charge is 0.292 e. The molecule has 3 heterocycles. The van der Waals surface area contributed by atoms with Gasteiger partial charge in [0.2, 0.25) is 0 Å². The van der Waals surface area contributed by atoms with Crippen molar-refractivity contribution in [1.82, 2.24) is 14.5 Å². The Morgan fingerprint density at radius 1 is 0.410 bits per heavy atom. The van der Waals surface area contributed by atoms with E-state index in [9.17, 15) is 0 Å². The van der Waals surface area contributed by atoms with E-state index in [1.165, 1.54) is 48.6 Å². The van der Waals surface area contributed by atoms with Crippen LogP contribution in [0, 0.1) is 0 Å². The number of benzene rings is 9. The fourth-order valence-electron chi connectivity index (χ4n) is 10.3. The summed E-state index contributed by atoms with van der Waals surface area (Å²) >= 11 is 1.88. The van der Waals surface area contributed by atoms with Crippen molar-refractivity contribution in [3.8, 4) is 50.6 Å². The summed E-state index contributed by atoms with van der Waals surface area (Å²) in [7, 11) is 0. The van der Waals surface area contributed by atoms with E-state index in [0.29, 0.717) is 0 Å². The molecule has 0 unspecified atom stereocenters. The molecule has 3 nitrogen and oxygen atoms in total. The smallest absolute Gasteiger partial charge is 0.145 e. The van der Waals surface area contributed by atoms with Crippen LogP contribution in [0.25, 0.3) is 83.3 Å². The highest BCUT2D eigenvalue weighted by molar-refractivity contribution is 7.99. The summed E-state index contributed by atoms with van der Waals surface area (Å²) in [6.45, 7) is 0. The van der Waals surface area contributed by atoms with Gasteiger partial charge in [0, 0.05) is 42.8 Å². The van der Waals surface area contributed by atoms with Gasteiger partial charge in [-0.15, -0.1) is 0 Å². The number of rotatable bonds is 4. The van der Waals surface area contributed by atoms with Gasteiger partial charge in [0.25, 0.3) is 0 Å². The lowest BCUT2D eigenvalue weighted by molar-refractivity contribution is 0.723. The molecule has 0 radical (unpaired) electrons. The second-order valence-electron chi connectivity index (χ2n) is 16.0. The molecular formula is C57H35N3S. The zero-order valence-electron chi connectivity index (χ0n) is 33.0. The van der Waals surface area contributed by atoms with Crippen LogP contribution in [0.2, 0.25) is 0 Å². The lowest BCUT2D eigenvalue weighted by Gasteiger charge is -2.39. The van der Waals surface area contributed by atoms with Gasteiger partial charge < -0.3 is 0 Å². The zero-order chi connectivity index (χ0) is 40.1. The molecular weight excluding hydrogens is 759 g/mol. The number of hydrogen-bond acceptors (Lipinski definition) is 3. The second kappa shape index (κ2) is 13.2. The van der Waals surface area contributed by atoms with Crippen molar-refractivity contribution in [2.45, 2.75) is 15.2 Å². The van der Waals surface area contributed by atoms with Crippen LogP contribution >= 0.6 is 11.8 Å². The second-order valence-corrected chi connectivity index (χ2v) is 17.1. The van der Waals surface area contributed by atoms with E-state index >= 15 is 0 Å². The minimum Gasteiger partial charge on any atom is -0.292 e. The molecule has 0 N–H and O–H groups in total. The van der Waals surface area contributed by atoms with Crippen molar-refractivity contribution in [3.63, 3.8) is 0 Å². The molecule has 2 aromatic heterocycles. The predicted molar refractivity (Wildman–Crippen MR) is 252 cm³/mol. The van der Waals surface area contributed by atoms with Gasteiger partial charge in [0.05, 0.1) is 27.7 Å². The summed E-state index contributed by atoms with van der Waals surface area (Å²) in [5, 5.41) is 3.57. The van der Waals surface area contributed by atoms with Gasteiger partial charge in [-0.1, -0.05) is 182 Å². The number of fused-ring (bicyclic) bond motifs is 14. The Bertz CT molecular complexity index is 3510. The molecule has 284 valence electrons. The average Bonchev–Trinajstić information content (AvgIpc) is 3.86. The van der Waals surface area contributed by atoms with E-state index in [1.807, 2.05) is 11.8 Å². The van der Waals surface area contributed by atoms with Crippen molar-refractivity contribution in [2.24, 2.45) is 0 Å². The average molecular weight is 794 g/mol. The van der Waals surface area contributed by atoms with Gasteiger partial charge in [0.15, 0.2) is 0 Å². The Morgan fingerprint density at radius 3 is 1.79 bits per heavy atom. The van der Waals surface area contributed by atoms with Gasteiger partial charge in [-0.25, -0.2) is 9.97 Å². The molecule has 1 aliphatic carbocycles. The lowest BCUT2D eigenvalue weighted by Crippen LogP contribution is -2.31. The summed E-state index contributed by atoms with van der Waals surface area (Å²) in [5.74, 6) is 0.923. The van der Waals surface area contributed by atoms with Gasteiger partial charge >= 0.3 is 0 Å². The Hall–Kier alpha value is -7.53. The summed E-state index contributed by atoms with van der Waals surface area (Å²) < 4.78 is 2.25. The molecule has 0 amide bonds. The molecule has 13 rings (SSSR count). The number of nitrogens with zero attached hydrogens (tertiary/aromatic N) is 3. The summed E-state index contributed by atoms with van der Waals surface area (Å²) in [4.78, 5) is 13.3. The molecule has 0 fully saturated rings. The standard InChI is InChI=1S/C57H35N3S/c1-3-15-37(16-4-1)55-43-33-34-47-54(41-19-7-8-20-44(41)57(47)45-21-9-13-25-51(45)61-52-26-14-10-22-46(52)57)53(43)42-32-31-39(35-49(42)58-55)36-27-29-38(30-28-36)56-59-48-23-11-12-24-50(48)60(56)40-17-5-2-6-18-40/h1-35H. The maximum Gasteiger partial charge on any atom is 0.145 e. The van der Waals surface area contributed by atoms with Crippen molar-refractivity contribution in [2.75, 3.05) is 0 Å². The number of aromatic nitrogens is 3. The molecule has 9 aromatic carbocycles. The fourth-order valence-corrected chi connectivity index (χ4v) is 11.5. The van der Waals surface area contributed by atoms with Crippen LogP contribution in [0.5, 0.6) is 0 Å². The van der Waals surface area contributed by atoms with Crippen LogP contribution < -0.4 is 0 Å². The first-order valence-corrected chi connectivity index (χ1v) is 21.6. The summed E-state index contributed by atoms with van der Waals surface area (Å²) in [5.41, 5.74) is 17.0. The third kappa shape index (κ3) is 4.94. The minimum absolute atomic E-state index is 0.455. The number of pyridine rings is 1. The first kappa shape index (κ1) is 34.3. The van der Waals surface area contributed by atoms with E-state index in [4.69, 9.17) is 9.97 Å². The highest BCUT2D eigenvalue weighted by Gasteiger charge is 2.50. The Balaban J connectivity index is 1.04. The van der Waals surface area contributed by atoms with Crippen molar-refractivity contribution in [3.05, 3.63) is 235 Å². The first-order chi connectivity index (χ1) is 30.3. The molecule has 11 aromatic rings. The maximum absolute atomic E-state index is 5.54. The van der Waals surface area contributed by atoms with Gasteiger partial charge in [0.1, 0.15) is 5.82 Å². The number of hydrogen-bond donors (Lipinski definition) is 0. The predicted octanol–water partition coefficient (Wildman–Crippen LogP) is 14.6. The summed E-state index contributed by atoms with van der Waals surface area (Å²) in [6, 6.07) is 77.2. The van der Waals surface area contributed by atoms with Gasteiger partial charge in [-0.3, -0.25) is 4.57 Å². The minimum atomic E-state index is -0.455. The molecule has 1 aliphatic heterocycles. The Labute approximate surface area is 357 Å². The molecule has 0 saturated heterocycles. The molecule has 2 aliphatic rings. The quantitative estimate of drug-likeness (QED) is 0.166. The van der Waals surface area contributed by atoms with E-state index < -0.39 is 5.41 Å². The SMILES string of the molecule is c1ccc(-c2nc3cc(-c4ccc(-c5nc6ccccc6n5-c5ccccc5)cc4)ccc3c3c4c(ccc23)C2(c3ccccc3Sc3ccccc32)c2ccccc2-4)cc1. The van der Waals surface area contributed by atoms with E-state index in [2.05, 4.69) is 217 Å². The van der Waals surface area contributed by atoms with Crippen LogP contribution in [0.3, 0.4) is 0 Å². The van der Waals surface area contributed by atoms with Crippen molar-refractivity contribution < 1.29 is 0 Å². The Morgan fingerprint density at radius 2 is 1.02 bits per heavy atom. The van der Waals surface area contributed by atoms with Gasteiger partial charge in [-0.05, 0) is 87.0 Å². The van der Waals surface area contributed by atoms with Crippen LogP contribution in [0.15, 0.2) is 222 Å². The molecule has 61 heavy (non-hydrogen) atoms. The summed E-state index contributed by atoms with van der Waals surface area (Å²) in [6.07, 6.45) is 0. The van der Waals surface area contributed by atoms with Crippen LogP contribution in [0.1, 0.15) is 22.3 Å². The molecule has 1 spiro atoms. The van der Waals surface area contributed by atoms with Crippen LogP contribution in [-0.2, 0) is 5.41 Å². The Kier molecular flexibility index (Phi) is 7.45. The molecule has 0 atom stereocenters. The first-order valence-electron chi connectivity index (χ1n) is 20.8. The highest BCUT2D eigenvalue weighted by atomic mass is 32.2. The molecule has 0 bridgehead atoms. The third-order valence-corrected chi connectivity index (χ3v) is 14.0. The van der Waals surface area contributed by atoms with E-state index in [1.54, 1.807) is 0 Å². The van der Waals surface area contributed by atoms with E-state index in [0.717, 1.165) is 66.8 Å². The topological polar surface area (TPSA) is 30.7 Å². The van der Waals surface area contributed by atoms with E-state index in [-0.39, 0.29) is 0 Å². The van der Waals surface area contributed by atoms with Crippen LogP contribution in [0.4, 0.5) is 0 Å². The van der Waals surface area contributed by atoms with Crippen molar-refractivity contribution in [1.29, 1.82) is 0 Å². The third-order valence-electron chi connectivity index (χ3n) is 12.9. The maximum atomic E-state index is 5.54. The van der Waals surface area contributed by atoms with Crippen LogP contribution in [-0.4, -0.2) is 14.5 Å². The number of para-hydroxylation sites is 3. The zero-order valence-corrected chi connectivity index (χ0v) is 33.8. The number of imidazole rings is 1. The monoisotopic (exact) mass is 793 g/mol. The molecule has 0 saturated carbocycles. The normalized spacial score (nSPS) is 13.3.